The van der Waals surface area contributed by atoms with Crippen molar-refractivity contribution in [1.82, 2.24) is 0 Å². The molecule has 0 aromatic heterocycles. The third-order valence-electron chi connectivity index (χ3n) is 4.38. The number of carbonyl (C=O) groups excluding carboxylic acids is 1. The van der Waals surface area contributed by atoms with E-state index < -0.39 is 12.0 Å². The maximum Gasteiger partial charge on any atom is 0.338 e. The highest BCUT2D eigenvalue weighted by atomic mass is 16.5. The van der Waals surface area contributed by atoms with Crippen LogP contribution in [0.4, 0.5) is 0 Å². The number of ether oxygens (including phenoxy) is 1. The van der Waals surface area contributed by atoms with Crippen molar-refractivity contribution in [2.75, 3.05) is 6.61 Å². The average molecular weight is 379 g/mol. The highest BCUT2D eigenvalue weighted by molar-refractivity contribution is 6.17. The quantitative estimate of drug-likeness (QED) is 0.216. The zero-order chi connectivity index (χ0) is 20.8. The Morgan fingerprint density at radius 2 is 1.57 bits per heavy atom. The SMILES string of the molecule is CCOC(=O)C(=C(C)C(N)c1cccc(C(=N)N)c1)c1ccc(C(=N)N)cc1. The Labute approximate surface area is 164 Å². The van der Waals surface area contributed by atoms with Gasteiger partial charge in [-0.25, -0.2) is 4.79 Å². The minimum atomic E-state index is -0.591. The number of nitrogens with one attached hydrogen (secondary N) is 2. The molecule has 0 fully saturated rings. The molecular formula is C21H25N5O2. The Kier molecular flexibility index (Phi) is 6.68. The van der Waals surface area contributed by atoms with Gasteiger partial charge in [0.05, 0.1) is 18.2 Å². The molecule has 7 nitrogen and oxygen atoms in total. The fourth-order valence-corrected chi connectivity index (χ4v) is 2.83. The number of rotatable bonds is 7. The van der Waals surface area contributed by atoms with Crippen molar-refractivity contribution >= 4 is 23.2 Å². The van der Waals surface area contributed by atoms with Gasteiger partial charge in [-0.3, -0.25) is 10.8 Å². The van der Waals surface area contributed by atoms with Gasteiger partial charge in [0.25, 0.3) is 0 Å². The lowest BCUT2D eigenvalue weighted by Crippen LogP contribution is -2.19. The van der Waals surface area contributed by atoms with E-state index >= 15 is 0 Å². The first kappa shape index (κ1) is 20.9. The smallest absolute Gasteiger partial charge is 0.338 e. The maximum absolute atomic E-state index is 12.7. The molecule has 0 aliphatic heterocycles. The van der Waals surface area contributed by atoms with Crippen molar-refractivity contribution in [3.8, 4) is 0 Å². The lowest BCUT2D eigenvalue weighted by Gasteiger charge is -2.19. The molecule has 1 atom stereocenters. The summed E-state index contributed by atoms with van der Waals surface area (Å²) in [6, 6.07) is 13.2. The Morgan fingerprint density at radius 3 is 2.11 bits per heavy atom. The molecule has 0 spiro atoms. The van der Waals surface area contributed by atoms with Crippen molar-refractivity contribution < 1.29 is 9.53 Å². The molecule has 0 saturated carbocycles. The van der Waals surface area contributed by atoms with Crippen LogP contribution >= 0.6 is 0 Å². The molecule has 0 aliphatic rings. The third-order valence-corrected chi connectivity index (χ3v) is 4.38. The Morgan fingerprint density at radius 1 is 1.00 bits per heavy atom. The largest absolute Gasteiger partial charge is 0.462 e. The monoisotopic (exact) mass is 379 g/mol. The molecular weight excluding hydrogens is 354 g/mol. The van der Waals surface area contributed by atoms with Gasteiger partial charge >= 0.3 is 5.97 Å². The van der Waals surface area contributed by atoms with E-state index in [-0.39, 0.29) is 18.3 Å². The van der Waals surface area contributed by atoms with E-state index in [0.717, 1.165) is 5.56 Å². The molecule has 146 valence electrons. The first-order valence-corrected chi connectivity index (χ1v) is 8.78. The minimum absolute atomic E-state index is 0.0531. The van der Waals surface area contributed by atoms with Gasteiger partial charge in [0, 0.05) is 11.1 Å². The molecule has 2 aromatic rings. The topological polar surface area (TPSA) is 152 Å². The summed E-state index contributed by atoms with van der Waals surface area (Å²) < 4.78 is 5.23. The van der Waals surface area contributed by atoms with E-state index in [9.17, 15) is 4.79 Å². The van der Waals surface area contributed by atoms with Gasteiger partial charge in [-0.15, -0.1) is 0 Å². The summed E-state index contributed by atoms with van der Waals surface area (Å²) in [5.74, 6) is -0.586. The number of nitrogens with two attached hydrogens (primary N) is 3. The Bertz CT molecular complexity index is 932. The van der Waals surface area contributed by atoms with Crippen molar-refractivity contribution in [3.05, 3.63) is 76.4 Å². The summed E-state index contributed by atoms with van der Waals surface area (Å²) in [4.78, 5) is 12.7. The summed E-state index contributed by atoms with van der Waals surface area (Å²) in [7, 11) is 0. The summed E-state index contributed by atoms with van der Waals surface area (Å²) in [5.41, 5.74) is 20.9. The molecule has 0 bridgehead atoms. The Hall–Kier alpha value is -3.45. The standard InChI is InChI=1S/C21H25N5O2/c1-3-28-21(27)17(13-7-9-14(10-8-13)19(23)24)12(2)18(22)15-5-4-6-16(11-15)20(25)26/h4-11,18H,3,22H2,1-2H3,(H3,23,24)(H3,25,26). The van der Waals surface area contributed by atoms with Crippen LogP contribution in [-0.4, -0.2) is 24.2 Å². The second kappa shape index (κ2) is 8.96. The van der Waals surface area contributed by atoms with Crippen molar-refractivity contribution in [3.63, 3.8) is 0 Å². The predicted molar refractivity (Wildman–Crippen MR) is 111 cm³/mol. The van der Waals surface area contributed by atoms with Gasteiger partial charge in [-0.1, -0.05) is 42.5 Å². The van der Waals surface area contributed by atoms with Crippen LogP contribution in [0.5, 0.6) is 0 Å². The van der Waals surface area contributed by atoms with E-state index in [0.29, 0.717) is 27.8 Å². The number of nitrogen functional groups attached to an aromatic ring is 2. The van der Waals surface area contributed by atoms with Crippen LogP contribution in [0.3, 0.4) is 0 Å². The van der Waals surface area contributed by atoms with Crippen LogP contribution in [-0.2, 0) is 9.53 Å². The number of esters is 1. The third kappa shape index (κ3) is 4.63. The fourth-order valence-electron chi connectivity index (χ4n) is 2.83. The molecule has 0 amide bonds. The van der Waals surface area contributed by atoms with Crippen molar-refractivity contribution in [2.24, 2.45) is 17.2 Å². The maximum atomic E-state index is 12.7. The van der Waals surface area contributed by atoms with Gasteiger partial charge in [-0.05, 0) is 36.6 Å². The van der Waals surface area contributed by atoms with E-state index in [4.69, 9.17) is 32.8 Å². The molecule has 7 heteroatoms. The number of amidine groups is 2. The summed E-state index contributed by atoms with van der Waals surface area (Å²) in [5, 5.41) is 15.1. The summed E-state index contributed by atoms with van der Waals surface area (Å²) in [6.07, 6.45) is 0. The molecule has 0 saturated heterocycles. The van der Waals surface area contributed by atoms with Crippen LogP contribution in [0.25, 0.3) is 5.57 Å². The first-order valence-electron chi connectivity index (χ1n) is 8.78. The van der Waals surface area contributed by atoms with Crippen LogP contribution in [0.15, 0.2) is 54.1 Å². The summed E-state index contributed by atoms with van der Waals surface area (Å²) in [6.45, 7) is 3.74. The number of benzene rings is 2. The second-order valence-corrected chi connectivity index (χ2v) is 6.29. The molecule has 28 heavy (non-hydrogen) atoms. The van der Waals surface area contributed by atoms with Gasteiger partial charge in [0.15, 0.2) is 0 Å². The Balaban J connectivity index is 2.55. The fraction of sp³-hybridized carbons (Fsp3) is 0.190. The number of hydrogen-bond donors (Lipinski definition) is 5. The first-order chi connectivity index (χ1) is 13.3. The highest BCUT2D eigenvalue weighted by Crippen LogP contribution is 2.29. The van der Waals surface area contributed by atoms with Crippen LogP contribution in [0, 0.1) is 10.8 Å². The minimum Gasteiger partial charge on any atom is -0.462 e. The van der Waals surface area contributed by atoms with Crippen molar-refractivity contribution in [2.45, 2.75) is 19.9 Å². The van der Waals surface area contributed by atoms with Gasteiger partial charge in [-0.2, -0.15) is 0 Å². The average Bonchev–Trinajstić information content (AvgIpc) is 2.68. The summed E-state index contributed by atoms with van der Waals surface area (Å²) >= 11 is 0. The van der Waals surface area contributed by atoms with Crippen molar-refractivity contribution in [1.29, 1.82) is 10.8 Å². The van der Waals surface area contributed by atoms with Gasteiger partial charge in [0.1, 0.15) is 11.7 Å². The molecule has 2 rings (SSSR count). The zero-order valence-corrected chi connectivity index (χ0v) is 16.0. The highest BCUT2D eigenvalue weighted by Gasteiger charge is 2.21. The number of carbonyl (C=O) groups is 1. The van der Waals surface area contributed by atoms with Crippen LogP contribution in [0.2, 0.25) is 0 Å². The van der Waals surface area contributed by atoms with Gasteiger partial charge in [0.2, 0.25) is 0 Å². The predicted octanol–water partition coefficient (Wildman–Crippen LogP) is 2.29. The zero-order valence-electron chi connectivity index (χ0n) is 16.0. The molecule has 8 N–H and O–H groups in total. The van der Waals surface area contributed by atoms with E-state index in [1.807, 2.05) is 6.07 Å². The molecule has 2 aromatic carbocycles. The molecule has 1 unspecified atom stereocenters. The normalized spacial score (nSPS) is 12.7. The van der Waals surface area contributed by atoms with Crippen LogP contribution < -0.4 is 17.2 Å². The molecule has 0 aliphatic carbocycles. The second-order valence-electron chi connectivity index (χ2n) is 6.29. The van der Waals surface area contributed by atoms with Crippen LogP contribution in [0.1, 0.15) is 42.1 Å². The van der Waals surface area contributed by atoms with E-state index in [1.165, 1.54) is 0 Å². The number of hydrogen-bond acceptors (Lipinski definition) is 5. The molecule has 0 radical (unpaired) electrons. The lowest BCUT2D eigenvalue weighted by molar-refractivity contribution is -0.136. The molecule has 0 heterocycles. The lowest BCUT2D eigenvalue weighted by atomic mass is 9.91. The van der Waals surface area contributed by atoms with E-state index in [2.05, 4.69) is 0 Å². The van der Waals surface area contributed by atoms with Gasteiger partial charge < -0.3 is 21.9 Å². The van der Waals surface area contributed by atoms with E-state index in [1.54, 1.807) is 56.3 Å².